The molecule has 6 nitrogen and oxygen atoms in total. The summed E-state index contributed by atoms with van der Waals surface area (Å²) in [5, 5.41) is 8.29. The zero-order chi connectivity index (χ0) is 24.5. The van der Waals surface area contributed by atoms with E-state index in [2.05, 4.69) is 10.3 Å². The normalized spacial score (nSPS) is 20.4. The average Bonchev–Trinajstić information content (AvgIpc) is 3.27. The van der Waals surface area contributed by atoms with Gasteiger partial charge in [0.05, 0.1) is 17.6 Å². The molecule has 35 heavy (non-hydrogen) atoms. The maximum atomic E-state index is 14.0. The van der Waals surface area contributed by atoms with Gasteiger partial charge in [0.2, 0.25) is 5.91 Å². The van der Waals surface area contributed by atoms with E-state index in [1.54, 1.807) is 33.8 Å². The van der Waals surface area contributed by atoms with E-state index in [1.807, 2.05) is 31.2 Å². The molecule has 178 valence electrons. The second kappa shape index (κ2) is 9.37. The predicted octanol–water partition coefficient (Wildman–Crippen LogP) is 5.02. The number of hydrogen-bond donors (Lipinski definition) is 0. The lowest BCUT2D eigenvalue weighted by molar-refractivity contribution is -0.148. The molecule has 8 heteroatoms. The van der Waals surface area contributed by atoms with Crippen molar-refractivity contribution in [1.29, 1.82) is 0 Å². The number of carbonyl (C=O) groups is 2. The van der Waals surface area contributed by atoms with Crippen LogP contribution in [-0.2, 0) is 16.1 Å². The van der Waals surface area contributed by atoms with Crippen molar-refractivity contribution in [2.75, 3.05) is 0 Å². The van der Waals surface area contributed by atoms with Gasteiger partial charge >= 0.3 is 0 Å². The van der Waals surface area contributed by atoms with Gasteiger partial charge in [-0.05, 0) is 53.9 Å². The maximum absolute atomic E-state index is 14.0. The standard InChI is InChI=1S/C27H24F2N4O2/c1-2-21-25(34)15-24(17-7-11-19(28)12-8-17)33(27(21)18-9-13-20(29)14-10-18)26(35)16-32-23-6-4-3-5-22(23)30-31-32/h3-14,21,24,27H,2,15-16H2,1H3. The van der Waals surface area contributed by atoms with Crippen LogP contribution in [0.25, 0.3) is 11.0 Å². The van der Waals surface area contributed by atoms with Crippen molar-refractivity contribution in [3.8, 4) is 0 Å². The van der Waals surface area contributed by atoms with Crippen LogP contribution in [0.15, 0.2) is 72.8 Å². The molecule has 2 heterocycles. The number of halogens is 2. The Bertz CT molecular complexity index is 1370. The lowest BCUT2D eigenvalue weighted by Crippen LogP contribution is -2.49. The molecule has 0 N–H and O–H groups in total. The van der Waals surface area contributed by atoms with Gasteiger partial charge < -0.3 is 4.90 Å². The monoisotopic (exact) mass is 474 g/mol. The van der Waals surface area contributed by atoms with E-state index in [-0.39, 0.29) is 24.7 Å². The van der Waals surface area contributed by atoms with Crippen LogP contribution < -0.4 is 0 Å². The highest BCUT2D eigenvalue weighted by atomic mass is 19.1. The fourth-order valence-electron chi connectivity index (χ4n) is 5.04. The van der Waals surface area contributed by atoms with Crippen LogP contribution in [0, 0.1) is 17.6 Å². The zero-order valence-electron chi connectivity index (χ0n) is 19.1. The van der Waals surface area contributed by atoms with E-state index in [1.165, 1.54) is 24.3 Å². The minimum absolute atomic E-state index is 0.0198. The van der Waals surface area contributed by atoms with E-state index in [9.17, 15) is 18.4 Å². The summed E-state index contributed by atoms with van der Waals surface area (Å²) in [4.78, 5) is 28.9. The van der Waals surface area contributed by atoms with Crippen molar-refractivity contribution in [1.82, 2.24) is 19.9 Å². The van der Waals surface area contributed by atoms with Gasteiger partial charge in [-0.15, -0.1) is 5.10 Å². The number of aromatic nitrogens is 3. The Balaban J connectivity index is 1.61. The number of fused-ring (bicyclic) bond motifs is 1. The Morgan fingerprint density at radius 3 is 2.23 bits per heavy atom. The molecule has 1 fully saturated rings. The molecule has 0 saturated carbocycles. The Kier molecular flexibility index (Phi) is 6.11. The molecular formula is C27H24F2N4O2. The van der Waals surface area contributed by atoms with Crippen molar-refractivity contribution >= 4 is 22.7 Å². The lowest BCUT2D eigenvalue weighted by Gasteiger charge is -2.46. The number of carbonyl (C=O) groups excluding carboxylic acids is 2. The van der Waals surface area contributed by atoms with Gasteiger partial charge in [-0.3, -0.25) is 9.59 Å². The number of para-hydroxylation sites is 1. The first kappa shape index (κ1) is 22.8. The molecule has 0 aliphatic carbocycles. The fraction of sp³-hybridized carbons (Fsp3) is 0.259. The molecule has 0 bridgehead atoms. The summed E-state index contributed by atoms with van der Waals surface area (Å²) in [6.45, 7) is 1.82. The molecule has 4 aromatic rings. The van der Waals surface area contributed by atoms with Crippen molar-refractivity contribution in [3.05, 3.63) is 95.6 Å². The Morgan fingerprint density at radius 1 is 0.943 bits per heavy atom. The third kappa shape index (κ3) is 4.32. The number of piperidine rings is 1. The molecule has 0 spiro atoms. The maximum Gasteiger partial charge on any atom is 0.245 e. The van der Waals surface area contributed by atoms with Crippen LogP contribution in [0.1, 0.15) is 43.0 Å². The van der Waals surface area contributed by atoms with Crippen LogP contribution in [0.2, 0.25) is 0 Å². The van der Waals surface area contributed by atoms with E-state index in [0.717, 1.165) is 5.52 Å². The van der Waals surface area contributed by atoms with E-state index in [4.69, 9.17) is 0 Å². The minimum Gasteiger partial charge on any atom is -0.326 e. The zero-order valence-corrected chi connectivity index (χ0v) is 19.1. The van der Waals surface area contributed by atoms with Crippen LogP contribution in [0.3, 0.4) is 0 Å². The van der Waals surface area contributed by atoms with Gasteiger partial charge in [0, 0.05) is 12.3 Å². The van der Waals surface area contributed by atoms with Crippen LogP contribution in [0.5, 0.6) is 0 Å². The lowest BCUT2D eigenvalue weighted by atomic mass is 9.77. The average molecular weight is 475 g/mol. The smallest absolute Gasteiger partial charge is 0.245 e. The van der Waals surface area contributed by atoms with Gasteiger partial charge in [0.25, 0.3) is 0 Å². The number of hydrogen-bond acceptors (Lipinski definition) is 4. The SMILES string of the molecule is CCC1C(=O)CC(c2ccc(F)cc2)N(C(=O)Cn2nnc3ccccc32)C1c1ccc(F)cc1. The van der Waals surface area contributed by atoms with Crippen molar-refractivity contribution < 1.29 is 18.4 Å². The largest absolute Gasteiger partial charge is 0.326 e. The second-order valence-corrected chi connectivity index (χ2v) is 8.79. The summed E-state index contributed by atoms with van der Waals surface area (Å²) in [7, 11) is 0. The third-order valence-electron chi connectivity index (χ3n) is 6.72. The number of amides is 1. The van der Waals surface area contributed by atoms with Gasteiger partial charge in [-0.25, -0.2) is 13.5 Å². The molecule has 1 aromatic heterocycles. The summed E-state index contributed by atoms with van der Waals surface area (Å²) >= 11 is 0. The summed E-state index contributed by atoms with van der Waals surface area (Å²) in [5.41, 5.74) is 2.73. The molecule has 3 aromatic carbocycles. The molecule has 3 unspecified atom stereocenters. The summed E-state index contributed by atoms with van der Waals surface area (Å²) < 4.78 is 29.0. The van der Waals surface area contributed by atoms with Gasteiger partial charge in [0.15, 0.2) is 0 Å². The highest BCUT2D eigenvalue weighted by molar-refractivity contribution is 5.88. The molecule has 3 atom stereocenters. The molecule has 1 amide bonds. The third-order valence-corrected chi connectivity index (χ3v) is 6.72. The van der Waals surface area contributed by atoms with Gasteiger partial charge in [-0.2, -0.15) is 0 Å². The number of ketones is 1. The predicted molar refractivity (Wildman–Crippen MR) is 126 cm³/mol. The molecule has 1 saturated heterocycles. The first-order valence-electron chi connectivity index (χ1n) is 11.6. The first-order chi connectivity index (χ1) is 17.0. The molecule has 0 radical (unpaired) electrons. The van der Waals surface area contributed by atoms with Gasteiger partial charge in [-0.1, -0.05) is 48.5 Å². The number of nitrogens with zero attached hydrogens (tertiary/aromatic N) is 4. The fourth-order valence-corrected chi connectivity index (χ4v) is 5.04. The minimum atomic E-state index is -0.598. The number of benzene rings is 3. The number of likely N-dealkylation sites (tertiary alicyclic amines) is 1. The molecular weight excluding hydrogens is 450 g/mol. The topological polar surface area (TPSA) is 68.1 Å². The van der Waals surface area contributed by atoms with Crippen molar-refractivity contribution in [3.63, 3.8) is 0 Å². The van der Waals surface area contributed by atoms with Crippen LogP contribution in [-0.4, -0.2) is 31.6 Å². The summed E-state index contributed by atoms with van der Waals surface area (Å²) in [6, 6.07) is 17.9. The van der Waals surface area contributed by atoms with E-state index >= 15 is 0 Å². The van der Waals surface area contributed by atoms with Crippen molar-refractivity contribution in [2.24, 2.45) is 5.92 Å². The van der Waals surface area contributed by atoms with Gasteiger partial charge in [0.1, 0.15) is 29.5 Å². The van der Waals surface area contributed by atoms with Crippen molar-refractivity contribution in [2.45, 2.75) is 38.4 Å². The first-order valence-corrected chi connectivity index (χ1v) is 11.6. The summed E-state index contributed by atoms with van der Waals surface area (Å²) in [5.74, 6) is -1.48. The second-order valence-electron chi connectivity index (χ2n) is 8.79. The quantitative estimate of drug-likeness (QED) is 0.407. The van der Waals surface area contributed by atoms with Crippen LogP contribution >= 0.6 is 0 Å². The molecule has 1 aliphatic heterocycles. The Labute approximate surface area is 201 Å². The molecule has 1 aliphatic rings. The van der Waals surface area contributed by atoms with E-state index < -0.39 is 29.6 Å². The summed E-state index contributed by atoms with van der Waals surface area (Å²) in [6.07, 6.45) is 0.638. The Morgan fingerprint density at radius 2 is 1.57 bits per heavy atom. The Hall–Kier alpha value is -3.94. The van der Waals surface area contributed by atoms with Crippen LogP contribution in [0.4, 0.5) is 8.78 Å². The highest BCUT2D eigenvalue weighted by Gasteiger charge is 2.45. The number of rotatable bonds is 5. The highest BCUT2D eigenvalue weighted by Crippen LogP contribution is 2.45. The van der Waals surface area contributed by atoms with E-state index in [0.29, 0.717) is 23.1 Å². The number of Topliss-reactive ketones (excluding diaryl/α,β-unsaturated/α-hetero) is 1. The molecule has 5 rings (SSSR count).